The van der Waals surface area contributed by atoms with Gasteiger partial charge in [0.05, 0.1) is 24.2 Å². The maximum atomic E-state index is 13.0. The van der Waals surface area contributed by atoms with E-state index in [1.165, 1.54) is 0 Å². The molecule has 4 rings (SSSR count). The lowest BCUT2D eigenvalue weighted by atomic mass is 10.1. The Morgan fingerprint density at radius 2 is 1.37 bits per heavy atom. The average Bonchev–Trinajstić information content (AvgIpc) is 3.43. The van der Waals surface area contributed by atoms with E-state index in [4.69, 9.17) is 0 Å². The Labute approximate surface area is 174 Å². The third-order valence-corrected chi connectivity index (χ3v) is 5.98. The van der Waals surface area contributed by atoms with Crippen LogP contribution in [-0.2, 0) is 25.7 Å². The molecule has 4 N–H and O–H groups in total. The third kappa shape index (κ3) is 4.62. The number of hydrogen-bond acceptors (Lipinski definition) is 5. The summed E-state index contributed by atoms with van der Waals surface area (Å²) in [4.78, 5) is 50.8. The molecule has 4 amide bonds. The predicted molar refractivity (Wildman–Crippen MR) is 108 cm³/mol. The standard InChI is InChI=1S/C21H27N5O4/c27-18-8-14(10-22-18)24-20(29)16-6-7-17(21(30)25-15-9-19(28)23-11-15)26(16)12-13-4-2-1-3-5-13/h1-5,14-17H,6-12H2,(H,22,27)(H,23,28)(H,24,29)(H,25,30)/t14?,15?,16-,17+. The van der Waals surface area contributed by atoms with Crippen LogP contribution in [0.4, 0.5) is 0 Å². The maximum Gasteiger partial charge on any atom is 0.237 e. The maximum absolute atomic E-state index is 13.0. The fourth-order valence-corrected chi connectivity index (χ4v) is 4.45. The van der Waals surface area contributed by atoms with Crippen LogP contribution in [-0.4, -0.2) is 65.8 Å². The molecule has 160 valence electrons. The molecule has 0 spiro atoms. The van der Waals surface area contributed by atoms with Gasteiger partial charge in [0.25, 0.3) is 0 Å². The van der Waals surface area contributed by atoms with E-state index in [1.807, 2.05) is 35.2 Å². The van der Waals surface area contributed by atoms with Gasteiger partial charge in [-0.1, -0.05) is 30.3 Å². The van der Waals surface area contributed by atoms with Gasteiger partial charge in [0.15, 0.2) is 0 Å². The first-order valence-electron chi connectivity index (χ1n) is 10.4. The van der Waals surface area contributed by atoms with E-state index >= 15 is 0 Å². The zero-order chi connectivity index (χ0) is 21.1. The molecule has 1 aromatic carbocycles. The Hall–Kier alpha value is -2.94. The van der Waals surface area contributed by atoms with Crippen molar-refractivity contribution in [1.82, 2.24) is 26.2 Å². The summed E-state index contributed by atoms with van der Waals surface area (Å²) >= 11 is 0. The van der Waals surface area contributed by atoms with Gasteiger partial charge >= 0.3 is 0 Å². The Balaban J connectivity index is 1.46. The van der Waals surface area contributed by atoms with E-state index < -0.39 is 12.1 Å². The van der Waals surface area contributed by atoms with Crippen LogP contribution in [0, 0.1) is 0 Å². The summed E-state index contributed by atoms with van der Waals surface area (Å²) < 4.78 is 0. The molecule has 1 aromatic rings. The minimum Gasteiger partial charge on any atom is -0.354 e. The van der Waals surface area contributed by atoms with Gasteiger partial charge in [0.2, 0.25) is 23.6 Å². The first-order chi connectivity index (χ1) is 14.5. The molecule has 9 heteroatoms. The van der Waals surface area contributed by atoms with Gasteiger partial charge in [-0.15, -0.1) is 0 Å². The van der Waals surface area contributed by atoms with Crippen molar-refractivity contribution >= 4 is 23.6 Å². The number of hydrogen-bond donors (Lipinski definition) is 4. The molecule has 3 aliphatic heterocycles. The normalized spacial score (nSPS) is 28.8. The summed E-state index contributed by atoms with van der Waals surface area (Å²) in [5.41, 5.74) is 1.02. The summed E-state index contributed by atoms with van der Waals surface area (Å²) in [5, 5.41) is 11.4. The Kier molecular flexibility index (Phi) is 5.98. The highest BCUT2D eigenvalue weighted by Crippen LogP contribution is 2.27. The van der Waals surface area contributed by atoms with Crippen LogP contribution in [0.1, 0.15) is 31.2 Å². The molecular formula is C21H27N5O4. The van der Waals surface area contributed by atoms with Gasteiger partial charge in [-0.2, -0.15) is 0 Å². The molecule has 30 heavy (non-hydrogen) atoms. The Morgan fingerprint density at radius 1 is 0.867 bits per heavy atom. The number of amides is 4. The minimum absolute atomic E-state index is 0.0650. The molecule has 3 fully saturated rings. The molecule has 9 nitrogen and oxygen atoms in total. The molecule has 2 unspecified atom stereocenters. The fraction of sp³-hybridized carbons (Fsp3) is 0.524. The van der Waals surface area contributed by atoms with Crippen LogP contribution in [0.25, 0.3) is 0 Å². The quantitative estimate of drug-likeness (QED) is 0.478. The highest BCUT2D eigenvalue weighted by atomic mass is 16.2. The molecule has 4 atom stereocenters. The zero-order valence-electron chi connectivity index (χ0n) is 16.7. The van der Waals surface area contributed by atoms with Crippen molar-refractivity contribution in [3.05, 3.63) is 35.9 Å². The second-order valence-corrected chi connectivity index (χ2v) is 8.19. The molecule has 0 aromatic heterocycles. The largest absolute Gasteiger partial charge is 0.354 e. The molecule has 0 aliphatic carbocycles. The number of likely N-dealkylation sites (tertiary alicyclic amines) is 1. The first-order valence-corrected chi connectivity index (χ1v) is 10.4. The summed E-state index contributed by atoms with van der Waals surface area (Å²) in [6, 6.07) is 8.42. The highest BCUT2D eigenvalue weighted by Gasteiger charge is 2.42. The molecule has 3 saturated heterocycles. The van der Waals surface area contributed by atoms with Crippen LogP contribution in [0.2, 0.25) is 0 Å². The Morgan fingerprint density at radius 3 is 1.80 bits per heavy atom. The lowest BCUT2D eigenvalue weighted by molar-refractivity contribution is -0.130. The molecule has 0 radical (unpaired) electrons. The molecular weight excluding hydrogens is 386 g/mol. The SMILES string of the molecule is O=C1CC(NC(=O)[C@H]2CC[C@@H](C(=O)NC3CNC(=O)C3)N2Cc2ccccc2)CN1. The van der Waals surface area contributed by atoms with Gasteiger partial charge in [0, 0.05) is 32.5 Å². The minimum atomic E-state index is -0.444. The average molecular weight is 413 g/mol. The van der Waals surface area contributed by atoms with E-state index in [0.717, 1.165) is 5.56 Å². The fourth-order valence-electron chi connectivity index (χ4n) is 4.45. The topological polar surface area (TPSA) is 120 Å². The zero-order valence-corrected chi connectivity index (χ0v) is 16.7. The summed E-state index contributed by atoms with van der Waals surface area (Å²) in [5.74, 6) is -0.435. The van der Waals surface area contributed by atoms with Crippen LogP contribution in [0.15, 0.2) is 30.3 Å². The lowest BCUT2D eigenvalue weighted by Crippen LogP contribution is -2.53. The highest BCUT2D eigenvalue weighted by molar-refractivity contribution is 5.88. The molecule has 0 saturated carbocycles. The third-order valence-electron chi connectivity index (χ3n) is 5.98. The van der Waals surface area contributed by atoms with Crippen molar-refractivity contribution < 1.29 is 19.2 Å². The number of carbonyl (C=O) groups is 4. The van der Waals surface area contributed by atoms with Crippen molar-refractivity contribution in [3.8, 4) is 0 Å². The smallest absolute Gasteiger partial charge is 0.237 e. The van der Waals surface area contributed by atoms with E-state index in [2.05, 4.69) is 21.3 Å². The number of carbonyl (C=O) groups excluding carboxylic acids is 4. The van der Waals surface area contributed by atoms with Crippen LogP contribution in [0.5, 0.6) is 0 Å². The van der Waals surface area contributed by atoms with Gasteiger partial charge < -0.3 is 21.3 Å². The van der Waals surface area contributed by atoms with Gasteiger partial charge in [0.1, 0.15) is 0 Å². The summed E-state index contributed by atoms with van der Waals surface area (Å²) in [6.45, 7) is 1.34. The molecule has 3 aliphatic rings. The monoisotopic (exact) mass is 413 g/mol. The summed E-state index contributed by atoms with van der Waals surface area (Å²) in [7, 11) is 0. The van der Waals surface area contributed by atoms with E-state index in [0.29, 0.717) is 32.5 Å². The van der Waals surface area contributed by atoms with Crippen molar-refractivity contribution in [2.24, 2.45) is 0 Å². The van der Waals surface area contributed by atoms with Crippen LogP contribution >= 0.6 is 0 Å². The summed E-state index contributed by atoms with van der Waals surface area (Å²) in [6.07, 6.45) is 1.69. The van der Waals surface area contributed by atoms with Gasteiger partial charge in [-0.25, -0.2) is 0 Å². The van der Waals surface area contributed by atoms with Gasteiger partial charge in [-0.3, -0.25) is 24.1 Å². The van der Waals surface area contributed by atoms with Crippen molar-refractivity contribution in [2.75, 3.05) is 13.1 Å². The van der Waals surface area contributed by atoms with Gasteiger partial charge in [-0.05, 0) is 18.4 Å². The molecule has 0 bridgehead atoms. The van der Waals surface area contributed by atoms with Crippen LogP contribution in [0.3, 0.4) is 0 Å². The lowest BCUT2D eigenvalue weighted by Gasteiger charge is -2.30. The van der Waals surface area contributed by atoms with E-state index in [1.54, 1.807) is 0 Å². The van der Waals surface area contributed by atoms with E-state index in [9.17, 15) is 19.2 Å². The van der Waals surface area contributed by atoms with Crippen molar-refractivity contribution in [3.63, 3.8) is 0 Å². The predicted octanol–water partition coefficient (Wildman–Crippen LogP) is -0.971. The van der Waals surface area contributed by atoms with Crippen molar-refractivity contribution in [1.29, 1.82) is 0 Å². The number of nitrogens with one attached hydrogen (secondary N) is 4. The second-order valence-electron chi connectivity index (χ2n) is 8.19. The number of nitrogens with zero attached hydrogens (tertiary/aromatic N) is 1. The number of rotatable bonds is 6. The van der Waals surface area contributed by atoms with Crippen molar-refractivity contribution in [2.45, 2.75) is 56.4 Å². The molecule has 3 heterocycles. The Bertz CT molecular complexity index is 782. The number of benzene rings is 1. The first kappa shape index (κ1) is 20.3. The van der Waals surface area contributed by atoms with Crippen LogP contribution < -0.4 is 21.3 Å². The second kappa shape index (κ2) is 8.83. The van der Waals surface area contributed by atoms with E-state index in [-0.39, 0.29) is 48.6 Å².